The fourth-order valence-corrected chi connectivity index (χ4v) is 2.86. The Balaban J connectivity index is -0.0000000792. The first-order valence-corrected chi connectivity index (χ1v) is 11.8. The number of unbranched alkanes of at least 4 members (excludes halogenated alkanes) is 3. The molecule has 6 nitrogen and oxygen atoms in total. The number of rotatable bonds is 15. The Morgan fingerprint density at radius 2 is 0.667 bits per heavy atom. The fraction of sp³-hybridized carbons (Fsp3) is 0.875. The molecule has 3 unspecified atom stereocenters. The van der Waals surface area contributed by atoms with Crippen molar-refractivity contribution in [1.29, 1.82) is 0 Å². The summed E-state index contributed by atoms with van der Waals surface area (Å²) in [5, 5.41) is 25.8. The average Bonchev–Trinajstić information content (AvgIpc) is 2.70. The average molecular weight is 623 g/mol. The molecule has 0 aromatic rings. The second-order valence-electron chi connectivity index (χ2n) is 7.76. The number of carbonyl (C=O) groups is 3. The summed E-state index contributed by atoms with van der Waals surface area (Å²) in [4.78, 5) is 31.3. The van der Waals surface area contributed by atoms with Crippen LogP contribution >= 0.6 is 0 Å². The van der Waals surface area contributed by atoms with E-state index in [0.717, 1.165) is 77.0 Å². The van der Waals surface area contributed by atoms with Gasteiger partial charge in [0.2, 0.25) is 0 Å². The van der Waals surface area contributed by atoms with Gasteiger partial charge in [-0.2, -0.15) is 0 Å². The molecule has 0 aliphatic carbocycles. The van der Waals surface area contributed by atoms with Gasteiger partial charge in [-0.05, 0) is 38.5 Å². The van der Waals surface area contributed by atoms with Crippen molar-refractivity contribution in [3.8, 4) is 0 Å². The van der Waals surface area contributed by atoms with Crippen LogP contribution in [0.25, 0.3) is 0 Å². The van der Waals surface area contributed by atoms with Crippen molar-refractivity contribution in [2.75, 3.05) is 0 Å². The third-order valence-electron chi connectivity index (χ3n) is 5.24. The molecule has 0 aliphatic heterocycles. The van der Waals surface area contributed by atoms with E-state index in [1.165, 1.54) is 0 Å². The van der Waals surface area contributed by atoms with Crippen LogP contribution < -0.4 is 0 Å². The largest absolute Gasteiger partial charge is 0.481 e. The molecule has 0 fully saturated rings. The maximum Gasteiger partial charge on any atom is 0.306 e. The maximum absolute atomic E-state index is 10.4. The minimum absolute atomic E-state index is 0. The Labute approximate surface area is 234 Å². The first kappa shape index (κ1) is 46.3. The van der Waals surface area contributed by atoms with Gasteiger partial charge in [-0.1, -0.05) is 80.1 Å². The second-order valence-corrected chi connectivity index (χ2v) is 7.76. The molecule has 0 aromatic heterocycles. The normalized spacial score (nSPS) is 11.8. The van der Waals surface area contributed by atoms with Crippen LogP contribution in [0, 0.1) is 17.8 Å². The molecule has 0 saturated heterocycles. The molecule has 0 spiro atoms. The first-order valence-electron chi connectivity index (χ1n) is 11.8. The Kier molecular flexibility index (Phi) is 47.9. The quantitative estimate of drug-likeness (QED) is 0.172. The van der Waals surface area contributed by atoms with Gasteiger partial charge >= 0.3 is 17.9 Å². The third kappa shape index (κ3) is 32.0. The van der Waals surface area contributed by atoms with E-state index in [1.54, 1.807) is 0 Å². The smallest absolute Gasteiger partial charge is 0.306 e. The number of hydrogen-bond donors (Lipinski definition) is 3. The van der Waals surface area contributed by atoms with Crippen LogP contribution in [-0.2, 0) is 65.6 Å². The van der Waals surface area contributed by atoms with E-state index >= 15 is 0 Å². The molecule has 3 atom stereocenters. The summed E-state index contributed by atoms with van der Waals surface area (Å²) in [5.41, 5.74) is 0. The minimum atomic E-state index is -0.643. The van der Waals surface area contributed by atoms with Gasteiger partial charge in [-0.25, -0.2) is 0 Å². The molecule has 213 valence electrons. The van der Waals surface area contributed by atoms with E-state index in [4.69, 9.17) is 15.3 Å². The minimum Gasteiger partial charge on any atom is -0.481 e. The van der Waals surface area contributed by atoms with E-state index in [1.807, 2.05) is 20.8 Å². The van der Waals surface area contributed by atoms with Gasteiger partial charge in [0, 0.05) is 51.2 Å². The molecule has 0 bridgehead atoms. The molecule has 3 N–H and O–H groups in total. The molecule has 0 aromatic carbocycles. The van der Waals surface area contributed by atoms with Crippen LogP contribution in [0.3, 0.4) is 0 Å². The molecular weight excluding hydrogens is 575 g/mol. The standard InChI is InChI=1S/3C8H16O2.3Cu/c3*1-3-5-6-7(4-2)8(9)10;;;/h3*7H,3-6H2,1-2H3,(H,9,10);;;. The summed E-state index contributed by atoms with van der Waals surface area (Å²) in [6, 6.07) is 0. The molecule has 3 radical (unpaired) electrons. The van der Waals surface area contributed by atoms with E-state index in [2.05, 4.69) is 20.8 Å². The zero-order chi connectivity index (χ0) is 23.9. The Morgan fingerprint density at radius 3 is 0.758 bits per heavy atom. The zero-order valence-electron chi connectivity index (χ0n) is 21.2. The fourth-order valence-electron chi connectivity index (χ4n) is 2.86. The van der Waals surface area contributed by atoms with Gasteiger partial charge in [0.15, 0.2) is 0 Å². The summed E-state index contributed by atoms with van der Waals surface area (Å²) in [7, 11) is 0. The molecule has 0 saturated carbocycles. The summed E-state index contributed by atoms with van der Waals surface area (Å²) in [6.07, 6.45) is 11.1. The maximum atomic E-state index is 10.4. The van der Waals surface area contributed by atoms with Crippen molar-refractivity contribution >= 4 is 17.9 Å². The number of aliphatic carboxylic acids is 3. The predicted octanol–water partition coefficient (Wildman–Crippen LogP) is 6.85. The number of carboxylic acid groups (broad SMARTS) is 3. The number of hydrogen-bond acceptors (Lipinski definition) is 3. The van der Waals surface area contributed by atoms with Crippen LogP contribution in [0.15, 0.2) is 0 Å². The van der Waals surface area contributed by atoms with Crippen molar-refractivity contribution in [3.63, 3.8) is 0 Å². The van der Waals surface area contributed by atoms with Gasteiger partial charge < -0.3 is 15.3 Å². The van der Waals surface area contributed by atoms with Gasteiger partial charge in [0.05, 0.1) is 17.8 Å². The van der Waals surface area contributed by atoms with Crippen molar-refractivity contribution in [2.24, 2.45) is 17.8 Å². The second kappa shape index (κ2) is 34.1. The van der Waals surface area contributed by atoms with E-state index < -0.39 is 17.9 Å². The topological polar surface area (TPSA) is 112 Å². The summed E-state index contributed by atoms with van der Waals surface area (Å²) in [5.74, 6) is -2.26. The number of carboxylic acids is 3. The molecular formula is C24H48Cu3O6. The van der Waals surface area contributed by atoms with Crippen molar-refractivity contribution in [3.05, 3.63) is 0 Å². The molecule has 33 heavy (non-hydrogen) atoms. The van der Waals surface area contributed by atoms with Crippen molar-refractivity contribution in [2.45, 2.75) is 119 Å². The molecule has 9 heteroatoms. The Hall–Kier alpha value is -0.0316. The third-order valence-corrected chi connectivity index (χ3v) is 5.24. The molecule has 0 aliphatic rings. The summed E-state index contributed by atoms with van der Waals surface area (Å²) >= 11 is 0. The van der Waals surface area contributed by atoms with E-state index in [0.29, 0.717) is 0 Å². The van der Waals surface area contributed by atoms with Crippen LogP contribution in [0.2, 0.25) is 0 Å². The van der Waals surface area contributed by atoms with Gasteiger partial charge in [0.25, 0.3) is 0 Å². The van der Waals surface area contributed by atoms with Crippen LogP contribution in [0.5, 0.6) is 0 Å². The monoisotopic (exact) mass is 621 g/mol. The zero-order valence-corrected chi connectivity index (χ0v) is 24.0. The Morgan fingerprint density at radius 1 is 0.485 bits per heavy atom. The first-order chi connectivity index (χ1) is 14.2. The van der Waals surface area contributed by atoms with Gasteiger partial charge in [-0.3, -0.25) is 14.4 Å². The molecule has 0 heterocycles. The van der Waals surface area contributed by atoms with Crippen molar-refractivity contribution in [1.82, 2.24) is 0 Å². The predicted molar refractivity (Wildman–Crippen MR) is 123 cm³/mol. The summed E-state index contributed by atoms with van der Waals surface area (Å²) < 4.78 is 0. The van der Waals surface area contributed by atoms with E-state index in [9.17, 15) is 14.4 Å². The molecule has 0 rings (SSSR count). The SMILES string of the molecule is CCCCC(CC)C(=O)O.CCCCC(CC)C(=O)O.CCCCC(CC)C(=O)O.[Cu].[Cu].[Cu]. The van der Waals surface area contributed by atoms with Crippen LogP contribution in [0.1, 0.15) is 119 Å². The van der Waals surface area contributed by atoms with Gasteiger partial charge in [0.1, 0.15) is 0 Å². The van der Waals surface area contributed by atoms with Crippen molar-refractivity contribution < 1.29 is 80.9 Å². The van der Waals surface area contributed by atoms with Crippen LogP contribution in [-0.4, -0.2) is 33.2 Å². The van der Waals surface area contributed by atoms with E-state index in [-0.39, 0.29) is 69.0 Å². The Bertz CT molecular complexity index is 375. The van der Waals surface area contributed by atoms with Crippen LogP contribution in [0.4, 0.5) is 0 Å². The molecule has 0 amide bonds. The summed E-state index contributed by atoms with van der Waals surface area (Å²) in [6.45, 7) is 12.0. The van der Waals surface area contributed by atoms with Gasteiger partial charge in [-0.15, -0.1) is 0 Å².